The zero-order valence-corrected chi connectivity index (χ0v) is 11.9. The third kappa shape index (κ3) is 3.50. The number of nitrogens with one attached hydrogen (secondary N) is 2. The number of aromatic nitrogens is 4. The standard InChI is InChI=1S/C11H13BrN6O/c1-13-10-9(6-8(12)7-15-10)11(19)14-2-4-18-5-3-16-17-18/h3,5-7H,2,4H2,1H3,(H,13,15)(H,14,19). The monoisotopic (exact) mass is 324 g/mol. The minimum absolute atomic E-state index is 0.182. The van der Waals surface area contributed by atoms with E-state index < -0.39 is 0 Å². The molecule has 100 valence electrons. The van der Waals surface area contributed by atoms with Gasteiger partial charge in [-0.15, -0.1) is 5.10 Å². The lowest BCUT2D eigenvalue weighted by Gasteiger charge is -2.09. The van der Waals surface area contributed by atoms with Gasteiger partial charge < -0.3 is 10.6 Å². The van der Waals surface area contributed by atoms with Crippen LogP contribution in [0.3, 0.4) is 0 Å². The molecule has 8 heteroatoms. The first-order valence-electron chi connectivity index (χ1n) is 5.66. The van der Waals surface area contributed by atoms with E-state index in [-0.39, 0.29) is 5.91 Å². The second-order valence-corrected chi connectivity index (χ2v) is 4.64. The summed E-state index contributed by atoms with van der Waals surface area (Å²) in [6.45, 7) is 1.04. The number of halogens is 1. The minimum Gasteiger partial charge on any atom is -0.372 e. The van der Waals surface area contributed by atoms with Crippen LogP contribution in [0.5, 0.6) is 0 Å². The molecule has 0 aliphatic rings. The summed E-state index contributed by atoms with van der Waals surface area (Å²) in [6.07, 6.45) is 4.98. The summed E-state index contributed by atoms with van der Waals surface area (Å²) in [5.74, 6) is 0.361. The van der Waals surface area contributed by atoms with Crippen molar-refractivity contribution in [2.24, 2.45) is 0 Å². The number of amides is 1. The summed E-state index contributed by atoms with van der Waals surface area (Å²) in [5.41, 5.74) is 0.496. The van der Waals surface area contributed by atoms with Gasteiger partial charge in [0.05, 0.1) is 18.3 Å². The van der Waals surface area contributed by atoms with E-state index in [1.54, 1.807) is 36.4 Å². The maximum atomic E-state index is 12.0. The Morgan fingerprint density at radius 3 is 3.05 bits per heavy atom. The molecule has 19 heavy (non-hydrogen) atoms. The van der Waals surface area contributed by atoms with Crippen LogP contribution >= 0.6 is 15.9 Å². The number of carbonyl (C=O) groups excluding carboxylic acids is 1. The summed E-state index contributed by atoms with van der Waals surface area (Å²) in [6, 6.07) is 1.73. The lowest BCUT2D eigenvalue weighted by molar-refractivity contribution is 0.0952. The topological polar surface area (TPSA) is 84.7 Å². The Morgan fingerprint density at radius 1 is 1.53 bits per heavy atom. The Morgan fingerprint density at radius 2 is 2.37 bits per heavy atom. The van der Waals surface area contributed by atoms with E-state index in [0.29, 0.717) is 24.5 Å². The predicted octanol–water partition coefficient (Wildman–Crippen LogP) is 0.907. The van der Waals surface area contributed by atoms with Gasteiger partial charge in [0.2, 0.25) is 0 Å². The van der Waals surface area contributed by atoms with E-state index in [4.69, 9.17) is 0 Å². The maximum absolute atomic E-state index is 12.0. The molecule has 0 atom stereocenters. The minimum atomic E-state index is -0.182. The molecule has 7 nitrogen and oxygen atoms in total. The molecular formula is C11H13BrN6O. The van der Waals surface area contributed by atoms with E-state index in [0.717, 1.165) is 4.47 Å². The van der Waals surface area contributed by atoms with Gasteiger partial charge in [0.15, 0.2) is 0 Å². The van der Waals surface area contributed by atoms with Crippen molar-refractivity contribution >= 4 is 27.7 Å². The second-order valence-electron chi connectivity index (χ2n) is 3.72. The van der Waals surface area contributed by atoms with Gasteiger partial charge in [-0.25, -0.2) is 4.98 Å². The third-order valence-electron chi connectivity index (χ3n) is 2.43. The van der Waals surface area contributed by atoms with E-state index in [1.807, 2.05) is 0 Å². The number of hydrogen-bond donors (Lipinski definition) is 2. The van der Waals surface area contributed by atoms with Gasteiger partial charge >= 0.3 is 0 Å². The average Bonchev–Trinajstić information content (AvgIpc) is 2.91. The van der Waals surface area contributed by atoms with Gasteiger partial charge in [0, 0.05) is 30.5 Å². The molecule has 0 spiro atoms. The first-order chi connectivity index (χ1) is 9.20. The largest absolute Gasteiger partial charge is 0.372 e. The number of hydrogen-bond acceptors (Lipinski definition) is 5. The SMILES string of the molecule is CNc1ncc(Br)cc1C(=O)NCCn1ccnn1. The van der Waals surface area contributed by atoms with Crippen molar-refractivity contribution in [2.45, 2.75) is 6.54 Å². The van der Waals surface area contributed by atoms with Gasteiger partial charge in [0.1, 0.15) is 5.82 Å². The molecule has 0 saturated heterocycles. The van der Waals surface area contributed by atoms with E-state index >= 15 is 0 Å². The number of pyridine rings is 1. The van der Waals surface area contributed by atoms with E-state index in [1.165, 1.54) is 0 Å². The molecule has 2 rings (SSSR count). The van der Waals surface area contributed by atoms with Crippen LogP contribution in [-0.4, -0.2) is 39.5 Å². The van der Waals surface area contributed by atoms with Crippen LogP contribution in [0.15, 0.2) is 29.1 Å². The highest BCUT2D eigenvalue weighted by Crippen LogP contribution is 2.17. The zero-order valence-electron chi connectivity index (χ0n) is 10.3. The molecule has 0 aromatic carbocycles. The highest BCUT2D eigenvalue weighted by molar-refractivity contribution is 9.10. The molecule has 2 aromatic heterocycles. The van der Waals surface area contributed by atoms with Gasteiger partial charge in [-0.2, -0.15) is 0 Å². The van der Waals surface area contributed by atoms with Crippen molar-refractivity contribution in [3.05, 3.63) is 34.7 Å². The Kier molecular flexibility index (Phi) is 4.45. The molecule has 1 amide bonds. The molecule has 0 fully saturated rings. The Labute approximate surface area is 118 Å². The fraction of sp³-hybridized carbons (Fsp3) is 0.273. The molecule has 0 aliphatic heterocycles. The number of nitrogens with zero attached hydrogens (tertiary/aromatic N) is 4. The number of carbonyl (C=O) groups is 1. The van der Waals surface area contributed by atoms with Crippen LogP contribution in [-0.2, 0) is 6.54 Å². The maximum Gasteiger partial charge on any atom is 0.255 e. The lowest BCUT2D eigenvalue weighted by atomic mass is 10.2. The predicted molar refractivity (Wildman–Crippen MR) is 73.8 cm³/mol. The molecule has 2 heterocycles. The quantitative estimate of drug-likeness (QED) is 0.853. The summed E-state index contributed by atoms with van der Waals surface area (Å²) in [7, 11) is 1.72. The molecule has 0 radical (unpaired) electrons. The van der Waals surface area contributed by atoms with Crippen LogP contribution in [0, 0.1) is 0 Å². The third-order valence-corrected chi connectivity index (χ3v) is 2.87. The molecule has 2 aromatic rings. The highest BCUT2D eigenvalue weighted by atomic mass is 79.9. The molecule has 2 N–H and O–H groups in total. The van der Waals surface area contributed by atoms with Gasteiger partial charge in [-0.3, -0.25) is 9.48 Å². The highest BCUT2D eigenvalue weighted by Gasteiger charge is 2.12. The van der Waals surface area contributed by atoms with E-state index in [9.17, 15) is 4.79 Å². The fourth-order valence-electron chi connectivity index (χ4n) is 1.54. The summed E-state index contributed by atoms with van der Waals surface area (Å²) < 4.78 is 2.41. The molecule has 0 aliphatic carbocycles. The first-order valence-corrected chi connectivity index (χ1v) is 6.45. The molecule has 0 unspecified atom stereocenters. The molecule has 0 saturated carbocycles. The van der Waals surface area contributed by atoms with Gasteiger partial charge in [0.25, 0.3) is 5.91 Å². The van der Waals surface area contributed by atoms with Crippen molar-refractivity contribution in [1.29, 1.82) is 0 Å². The van der Waals surface area contributed by atoms with Gasteiger partial charge in [-0.05, 0) is 22.0 Å². The van der Waals surface area contributed by atoms with Crippen LogP contribution in [0.4, 0.5) is 5.82 Å². The normalized spacial score (nSPS) is 10.2. The lowest BCUT2D eigenvalue weighted by Crippen LogP contribution is -2.28. The summed E-state index contributed by atoms with van der Waals surface area (Å²) >= 11 is 3.30. The Balaban J connectivity index is 1.97. The van der Waals surface area contributed by atoms with Crippen LogP contribution in [0.2, 0.25) is 0 Å². The molecular weight excluding hydrogens is 312 g/mol. The first kappa shape index (κ1) is 13.5. The average molecular weight is 325 g/mol. The Bertz CT molecular complexity index is 556. The van der Waals surface area contributed by atoms with E-state index in [2.05, 4.69) is 41.9 Å². The van der Waals surface area contributed by atoms with Crippen molar-refractivity contribution in [3.63, 3.8) is 0 Å². The second kappa shape index (κ2) is 6.28. The van der Waals surface area contributed by atoms with Crippen LogP contribution in [0.1, 0.15) is 10.4 Å². The fourth-order valence-corrected chi connectivity index (χ4v) is 1.87. The molecule has 0 bridgehead atoms. The van der Waals surface area contributed by atoms with Crippen molar-refractivity contribution in [2.75, 3.05) is 18.9 Å². The van der Waals surface area contributed by atoms with Crippen molar-refractivity contribution < 1.29 is 4.79 Å². The Hall–Kier alpha value is -1.96. The zero-order chi connectivity index (χ0) is 13.7. The number of rotatable bonds is 5. The van der Waals surface area contributed by atoms with Crippen LogP contribution in [0.25, 0.3) is 0 Å². The smallest absolute Gasteiger partial charge is 0.255 e. The summed E-state index contributed by atoms with van der Waals surface area (Å²) in [4.78, 5) is 16.2. The van der Waals surface area contributed by atoms with Crippen molar-refractivity contribution in [3.8, 4) is 0 Å². The van der Waals surface area contributed by atoms with Crippen molar-refractivity contribution in [1.82, 2.24) is 25.3 Å². The van der Waals surface area contributed by atoms with Crippen LogP contribution < -0.4 is 10.6 Å². The van der Waals surface area contributed by atoms with Gasteiger partial charge in [-0.1, -0.05) is 5.21 Å². The number of anilines is 1. The summed E-state index contributed by atoms with van der Waals surface area (Å²) in [5, 5.41) is 13.2.